The van der Waals surface area contributed by atoms with Crippen LogP contribution >= 0.6 is 23.2 Å². The van der Waals surface area contributed by atoms with Crippen LogP contribution in [-0.4, -0.2) is 39.8 Å². The quantitative estimate of drug-likeness (QED) is 0.345. The number of fused-ring (bicyclic) bond motifs is 1. The van der Waals surface area contributed by atoms with Gasteiger partial charge in [-0.3, -0.25) is 9.59 Å². The van der Waals surface area contributed by atoms with Crippen LogP contribution in [0.3, 0.4) is 0 Å². The fourth-order valence-corrected chi connectivity index (χ4v) is 4.38. The van der Waals surface area contributed by atoms with Gasteiger partial charge < -0.3 is 24.3 Å². The number of carboxylic acids is 1. The SMILES string of the molecule is COc1ccc2c(c1)n(Cc1ccc(C(=O)NCCC(=O)O)cc1)c(=Nc1cc(Cl)cc(Cl)c1)n2C. The summed E-state index contributed by atoms with van der Waals surface area (Å²) >= 11 is 12.4. The Labute approximate surface area is 217 Å². The molecule has 0 aliphatic rings. The number of carboxylic acid groups (broad SMARTS) is 1. The molecule has 1 aromatic heterocycles. The maximum Gasteiger partial charge on any atom is 0.305 e. The molecule has 0 unspecified atom stereocenters. The minimum absolute atomic E-state index is 0.0714. The number of imidazole rings is 1. The number of aromatic nitrogens is 2. The van der Waals surface area contributed by atoms with Crippen LogP contribution in [0, 0.1) is 0 Å². The topological polar surface area (TPSA) is 97.8 Å². The summed E-state index contributed by atoms with van der Waals surface area (Å²) in [6, 6.07) is 18.1. The number of halogens is 2. The Hall–Kier alpha value is -3.75. The lowest BCUT2D eigenvalue weighted by atomic mass is 10.1. The molecule has 0 aliphatic heterocycles. The van der Waals surface area contributed by atoms with Gasteiger partial charge in [0.05, 0.1) is 36.8 Å². The van der Waals surface area contributed by atoms with Crippen LogP contribution < -0.4 is 15.7 Å². The van der Waals surface area contributed by atoms with Crippen molar-refractivity contribution in [2.75, 3.05) is 13.7 Å². The van der Waals surface area contributed by atoms with Crippen molar-refractivity contribution in [2.45, 2.75) is 13.0 Å². The van der Waals surface area contributed by atoms with Crippen LogP contribution in [0.2, 0.25) is 10.0 Å². The predicted molar refractivity (Wildman–Crippen MR) is 139 cm³/mol. The van der Waals surface area contributed by atoms with Gasteiger partial charge in [0.25, 0.3) is 5.91 Å². The number of benzene rings is 3. The number of ether oxygens (including phenoxy) is 1. The van der Waals surface area contributed by atoms with Crippen molar-refractivity contribution in [1.29, 1.82) is 0 Å². The molecule has 0 aliphatic carbocycles. The van der Waals surface area contributed by atoms with Crippen LogP contribution in [0.15, 0.2) is 65.7 Å². The third-order valence-electron chi connectivity index (χ3n) is 5.63. The fraction of sp³-hybridized carbons (Fsp3) is 0.192. The molecule has 4 rings (SSSR count). The lowest BCUT2D eigenvalue weighted by molar-refractivity contribution is -0.136. The molecule has 10 heteroatoms. The second-order valence-corrected chi connectivity index (χ2v) is 9.01. The average Bonchev–Trinajstić information content (AvgIpc) is 3.08. The Morgan fingerprint density at radius 2 is 1.69 bits per heavy atom. The zero-order chi connectivity index (χ0) is 25.8. The van der Waals surface area contributed by atoms with Gasteiger partial charge in [-0.25, -0.2) is 4.99 Å². The highest BCUT2D eigenvalue weighted by atomic mass is 35.5. The van der Waals surface area contributed by atoms with E-state index in [0.717, 1.165) is 16.6 Å². The van der Waals surface area contributed by atoms with Crippen molar-refractivity contribution < 1.29 is 19.4 Å². The van der Waals surface area contributed by atoms with E-state index >= 15 is 0 Å². The maximum atomic E-state index is 12.3. The van der Waals surface area contributed by atoms with Gasteiger partial charge in [0, 0.05) is 35.3 Å². The smallest absolute Gasteiger partial charge is 0.305 e. The Bertz CT molecular complexity index is 1490. The van der Waals surface area contributed by atoms with E-state index in [1.807, 2.05) is 41.9 Å². The molecule has 186 valence electrons. The summed E-state index contributed by atoms with van der Waals surface area (Å²) in [4.78, 5) is 27.8. The van der Waals surface area contributed by atoms with Crippen LogP contribution in [0.4, 0.5) is 5.69 Å². The van der Waals surface area contributed by atoms with Crippen molar-refractivity contribution >= 4 is 51.8 Å². The van der Waals surface area contributed by atoms with Gasteiger partial charge in [0.1, 0.15) is 5.75 Å². The van der Waals surface area contributed by atoms with E-state index in [-0.39, 0.29) is 18.9 Å². The van der Waals surface area contributed by atoms with E-state index < -0.39 is 5.97 Å². The van der Waals surface area contributed by atoms with Crippen LogP contribution in [0.25, 0.3) is 11.0 Å². The van der Waals surface area contributed by atoms with Crippen molar-refractivity contribution in [3.8, 4) is 5.75 Å². The maximum absolute atomic E-state index is 12.3. The van der Waals surface area contributed by atoms with Gasteiger partial charge in [-0.2, -0.15) is 0 Å². The minimum Gasteiger partial charge on any atom is -0.497 e. The molecule has 0 fully saturated rings. The van der Waals surface area contributed by atoms with Gasteiger partial charge in [-0.1, -0.05) is 35.3 Å². The Morgan fingerprint density at radius 1 is 1.00 bits per heavy atom. The summed E-state index contributed by atoms with van der Waals surface area (Å²) < 4.78 is 9.48. The number of hydrogen-bond acceptors (Lipinski definition) is 4. The highest BCUT2D eigenvalue weighted by molar-refractivity contribution is 6.35. The molecular weight excluding hydrogens is 503 g/mol. The van der Waals surface area contributed by atoms with Crippen molar-refractivity contribution in [3.63, 3.8) is 0 Å². The zero-order valence-corrected chi connectivity index (χ0v) is 21.2. The third-order valence-corrected chi connectivity index (χ3v) is 6.07. The van der Waals surface area contributed by atoms with Gasteiger partial charge in [-0.15, -0.1) is 0 Å². The molecule has 0 bridgehead atoms. The highest BCUT2D eigenvalue weighted by Gasteiger charge is 2.13. The first-order valence-corrected chi connectivity index (χ1v) is 11.8. The third kappa shape index (κ3) is 5.72. The number of aryl methyl sites for hydroxylation is 1. The number of nitrogens with zero attached hydrogens (tertiary/aromatic N) is 3. The monoisotopic (exact) mass is 526 g/mol. The molecule has 0 saturated heterocycles. The summed E-state index contributed by atoms with van der Waals surface area (Å²) in [5.74, 6) is -0.567. The number of carbonyl (C=O) groups excluding carboxylic acids is 1. The van der Waals surface area contributed by atoms with E-state index in [9.17, 15) is 9.59 Å². The molecule has 36 heavy (non-hydrogen) atoms. The van der Waals surface area contributed by atoms with Gasteiger partial charge in [0.15, 0.2) is 0 Å². The molecule has 0 saturated carbocycles. The second-order valence-electron chi connectivity index (χ2n) is 8.14. The normalized spacial score (nSPS) is 11.6. The Kier molecular flexibility index (Phi) is 7.67. The summed E-state index contributed by atoms with van der Waals surface area (Å²) in [5, 5.41) is 12.3. The summed E-state index contributed by atoms with van der Waals surface area (Å²) in [6.45, 7) is 0.542. The molecule has 0 spiro atoms. The Balaban J connectivity index is 1.73. The molecule has 8 nitrogen and oxygen atoms in total. The largest absolute Gasteiger partial charge is 0.497 e. The summed E-state index contributed by atoms with van der Waals surface area (Å²) in [5.41, 5.74) is 4.56. The first-order chi connectivity index (χ1) is 17.2. The van der Waals surface area contributed by atoms with E-state index in [1.54, 1.807) is 37.4 Å². The average molecular weight is 527 g/mol. The number of carbonyl (C=O) groups is 2. The summed E-state index contributed by atoms with van der Waals surface area (Å²) in [6.07, 6.45) is -0.130. The van der Waals surface area contributed by atoms with Crippen molar-refractivity contribution in [2.24, 2.45) is 12.0 Å². The molecule has 2 N–H and O–H groups in total. The number of hydrogen-bond donors (Lipinski definition) is 2. The van der Waals surface area contributed by atoms with Crippen LogP contribution in [-0.2, 0) is 18.4 Å². The molecule has 4 aromatic rings. The van der Waals surface area contributed by atoms with E-state index in [4.69, 9.17) is 38.0 Å². The lowest BCUT2D eigenvalue weighted by Gasteiger charge is -2.08. The van der Waals surface area contributed by atoms with Gasteiger partial charge in [-0.05, 0) is 48.0 Å². The van der Waals surface area contributed by atoms with Gasteiger partial charge in [0.2, 0.25) is 5.62 Å². The van der Waals surface area contributed by atoms with E-state index in [2.05, 4.69) is 9.88 Å². The number of nitrogens with one attached hydrogen (secondary N) is 1. The first kappa shape index (κ1) is 25.3. The standard InChI is InChI=1S/C26H24Cl2N4O4/c1-31-22-8-7-21(36-2)14-23(22)32(26(31)30-20-12-18(27)11-19(28)13-20)15-16-3-5-17(6-4-16)25(35)29-10-9-24(33)34/h3-8,11-14H,9-10,15H2,1-2H3,(H,29,35)(H,33,34). The summed E-state index contributed by atoms with van der Waals surface area (Å²) in [7, 11) is 3.55. The van der Waals surface area contributed by atoms with Crippen LogP contribution in [0.1, 0.15) is 22.3 Å². The predicted octanol–water partition coefficient (Wildman–Crippen LogP) is 4.78. The van der Waals surface area contributed by atoms with Crippen molar-refractivity contribution in [1.82, 2.24) is 14.5 Å². The second kappa shape index (κ2) is 10.9. The Morgan fingerprint density at radius 3 is 2.33 bits per heavy atom. The van der Waals surface area contributed by atoms with E-state index in [0.29, 0.717) is 39.2 Å². The zero-order valence-electron chi connectivity index (χ0n) is 19.7. The van der Waals surface area contributed by atoms with Gasteiger partial charge >= 0.3 is 5.97 Å². The van der Waals surface area contributed by atoms with Crippen LogP contribution in [0.5, 0.6) is 5.75 Å². The molecule has 1 amide bonds. The highest BCUT2D eigenvalue weighted by Crippen LogP contribution is 2.25. The molecule has 1 heterocycles. The van der Waals surface area contributed by atoms with E-state index in [1.165, 1.54) is 0 Å². The van der Waals surface area contributed by atoms with Crippen molar-refractivity contribution in [3.05, 3.63) is 87.5 Å². The molecule has 0 atom stereocenters. The fourth-order valence-electron chi connectivity index (χ4n) is 3.87. The number of rotatable bonds is 8. The lowest BCUT2D eigenvalue weighted by Crippen LogP contribution is -2.26. The number of aliphatic carboxylic acids is 1. The molecule has 3 aromatic carbocycles. The first-order valence-electron chi connectivity index (χ1n) is 11.1. The molecular formula is C26H24Cl2N4O4. The molecule has 0 radical (unpaired) electrons. The minimum atomic E-state index is -0.962. The number of methoxy groups -OCH3 is 1. The number of amides is 1.